The Morgan fingerprint density at radius 3 is 2.81 bits per heavy atom. The summed E-state index contributed by atoms with van der Waals surface area (Å²) in [5, 5.41) is 10.6. The second kappa shape index (κ2) is 7.29. The van der Waals surface area contributed by atoms with Gasteiger partial charge in [0.1, 0.15) is 6.61 Å². The van der Waals surface area contributed by atoms with E-state index in [2.05, 4.69) is 42.0 Å². The molecule has 138 valence electrons. The number of phenolic OH excluding ortho intramolecular Hbond substituents is 1. The SMILES string of the molecule is Cc1ccccc1-c1cc(O)c2c(c1)CN(CC1CCCN1C)CCO2. The molecule has 0 amide bonds. The summed E-state index contributed by atoms with van der Waals surface area (Å²) >= 11 is 0. The molecule has 1 atom stereocenters. The summed E-state index contributed by atoms with van der Waals surface area (Å²) in [7, 11) is 2.22. The van der Waals surface area contributed by atoms with Crippen molar-refractivity contribution in [1.82, 2.24) is 9.80 Å². The highest BCUT2D eigenvalue weighted by Gasteiger charge is 2.26. The first-order chi connectivity index (χ1) is 12.6. The van der Waals surface area contributed by atoms with Gasteiger partial charge in [-0.15, -0.1) is 0 Å². The topological polar surface area (TPSA) is 35.9 Å². The molecule has 2 aliphatic heterocycles. The lowest BCUT2D eigenvalue weighted by atomic mass is 9.97. The molecule has 2 aromatic rings. The number of benzene rings is 2. The molecule has 0 bridgehead atoms. The fourth-order valence-corrected chi connectivity index (χ4v) is 4.27. The normalized spacial score (nSPS) is 21.2. The number of ether oxygens (including phenoxy) is 1. The summed E-state index contributed by atoms with van der Waals surface area (Å²) < 4.78 is 5.92. The Labute approximate surface area is 156 Å². The smallest absolute Gasteiger partial charge is 0.165 e. The third-order valence-corrected chi connectivity index (χ3v) is 5.79. The molecule has 4 heteroatoms. The molecule has 0 aromatic heterocycles. The van der Waals surface area contributed by atoms with Crippen molar-refractivity contribution in [2.24, 2.45) is 0 Å². The number of rotatable bonds is 3. The Hall–Kier alpha value is -2.04. The van der Waals surface area contributed by atoms with Gasteiger partial charge in [-0.2, -0.15) is 0 Å². The van der Waals surface area contributed by atoms with Crippen molar-refractivity contribution >= 4 is 0 Å². The highest BCUT2D eigenvalue weighted by molar-refractivity contribution is 5.71. The third-order valence-electron chi connectivity index (χ3n) is 5.79. The van der Waals surface area contributed by atoms with Crippen molar-refractivity contribution in [3.05, 3.63) is 47.5 Å². The van der Waals surface area contributed by atoms with Gasteiger partial charge in [-0.25, -0.2) is 0 Å². The summed E-state index contributed by atoms with van der Waals surface area (Å²) in [6, 6.07) is 13.0. The molecule has 1 fully saturated rings. The van der Waals surface area contributed by atoms with Crippen molar-refractivity contribution in [1.29, 1.82) is 0 Å². The van der Waals surface area contributed by atoms with Gasteiger partial charge in [0.25, 0.3) is 0 Å². The minimum atomic E-state index is 0.251. The maximum Gasteiger partial charge on any atom is 0.165 e. The quantitative estimate of drug-likeness (QED) is 0.915. The molecule has 0 saturated carbocycles. The fourth-order valence-electron chi connectivity index (χ4n) is 4.27. The van der Waals surface area contributed by atoms with E-state index in [1.54, 1.807) is 0 Å². The van der Waals surface area contributed by atoms with Gasteiger partial charge >= 0.3 is 0 Å². The van der Waals surface area contributed by atoms with Crippen LogP contribution in [0.15, 0.2) is 36.4 Å². The third kappa shape index (κ3) is 3.44. The van der Waals surface area contributed by atoms with Gasteiger partial charge in [0, 0.05) is 31.2 Å². The summed E-state index contributed by atoms with van der Waals surface area (Å²) in [6.07, 6.45) is 2.57. The number of likely N-dealkylation sites (tertiary alicyclic amines) is 1. The minimum Gasteiger partial charge on any atom is -0.504 e. The van der Waals surface area contributed by atoms with Crippen molar-refractivity contribution in [2.75, 3.05) is 33.3 Å². The van der Waals surface area contributed by atoms with Crippen LogP contribution in [0.3, 0.4) is 0 Å². The number of fused-ring (bicyclic) bond motifs is 1. The highest BCUT2D eigenvalue weighted by Crippen LogP contribution is 2.38. The summed E-state index contributed by atoms with van der Waals surface area (Å²) in [6.45, 7) is 6.72. The molecule has 4 nitrogen and oxygen atoms in total. The second-order valence-electron chi connectivity index (χ2n) is 7.66. The molecule has 0 radical (unpaired) electrons. The van der Waals surface area contributed by atoms with E-state index in [4.69, 9.17) is 4.74 Å². The molecular weight excluding hydrogens is 324 g/mol. The molecule has 4 rings (SSSR count). The lowest BCUT2D eigenvalue weighted by Gasteiger charge is -2.27. The van der Waals surface area contributed by atoms with E-state index in [-0.39, 0.29) is 5.75 Å². The monoisotopic (exact) mass is 352 g/mol. The largest absolute Gasteiger partial charge is 0.504 e. The molecule has 2 heterocycles. The molecular formula is C22H28N2O2. The number of aryl methyl sites for hydroxylation is 1. The first kappa shape index (κ1) is 17.4. The van der Waals surface area contributed by atoms with Crippen LogP contribution in [0.25, 0.3) is 11.1 Å². The fraction of sp³-hybridized carbons (Fsp3) is 0.455. The van der Waals surface area contributed by atoms with Crippen LogP contribution in [0.4, 0.5) is 0 Å². The molecule has 0 aliphatic carbocycles. The van der Waals surface area contributed by atoms with Gasteiger partial charge in [0.2, 0.25) is 0 Å². The molecule has 1 unspecified atom stereocenters. The summed E-state index contributed by atoms with van der Waals surface area (Å²) in [5.74, 6) is 0.908. The Kier molecular flexibility index (Phi) is 4.88. The van der Waals surface area contributed by atoms with Crippen LogP contribution >= 0.6 is 0 Å². The lowest BCUT2D eigenvalue weighted by molar-refractivity contribution is 0.172. The zero-order valence-electron chi connectivity index (χ0n) is 15.7. The number of likely N-dealkylation sites (N-methyl/N-ethyl adjacent to an activating group) is 1. The standard InChI is InChI=1S/C22H28N2O2/c1-16-6-3-4-8-20(16)17-12-18-14-24(15-19-7-5-9-23(19)2)10-11-26-22(18)21(25)13-17/h3-4,6,8,12-13,19,25H,5,7,9-11,14-15H2,1-2H3. The van der Waals surface area contributed by atoms with Crippen molar-refractivity contribution in [3.8, 4) is 22.6 Å². The Morgan fingerprint density at radius 1 is 1.19 bits per heavy atom. The first-order valence-corrected chi connectivity index (χ1v) is 9.59. The van der Waals surface area contributed by atoms with E-state index < -0.39 is 0 Å². The van der Waals surface area contributed by atoms with Gasteiger partial charge in [-0.3, -0.25) is 4.90 Å². The number of nitrogens with zero attached hydrogens (tertiary/aromatic N) is 2. The van der Waals surface area contributed by atoms with E-state index in [1.807, 2.05) is 18.2 Å². The van der Waals surface area contributed by atoms with Crippen LogP contribution in [0.5, 0.6) is 11.5 Å². The summed E-state index contributed by atoms with van der Waals surface area (Å²) in [5.41, 5.74) is 4.52. The van der Waals surface area contributed by atoms with Gasteiger partial charge in [0.05, 0.1) is 0 Å². The summed E-state index contributed by atoms with van der Waals surface area (Å²) in [4.78, 5) is 4.94. The van der Waals surface area contributed by atoms with Crippen LogP contribution in [-0.4, -0.2) is 54.2 Å². The zero-order chi connectivity index (χ0) is 18.1. The zero-order valence-corrected chi connectivity index (χ0v) is 15.7. The predicted octanol–water partition coefficient (Wildman–Crippen LogP) is 3.66. The van der Waals surface area contributed by atoms with Crippen LogP contribution in [-0.2, 0) is 6.54 Å². The van der Waals surface area contributed by atoms with Crippen LogP contribution < -0.4 is 4.74 Å². The van der Waals surface area contributed by atoms with E-state index in [9.17, 15) is 5.11 Å². The Balaban J connectivity index is 1.62. The van der Waals surface area contributed by atoms with Gasteiger partial charge in [-0.1, -0.05) is 24.3 Å². The average Bonchev–Trinajstić information content (AvgIpc) is 2.90. The number of hydrogen-bond acceptors (Lipinski definition) is 4. The van der Waals surface area contributed by atoms with Gasteiger partial charge < -0.3 is 14.7 Å². The van der Waals surface area contributed by atoms with Crippen molar-refractivity contribution in [3.63, 3.8) is 0 Å². The molecule has 2 aromatic carbocycles. The molecule has 2 aliphatic rings. The number of hydrogen-bond donors (Lipinski definition) is 1. The molecule has 1 saturated heterocycles. The first-order valence-electron chi connectivity index (χ1n) is 9.59. The predicted molar refractivity (Wildman–Crippen MR) is 105 cm³/mol. The Bertz CT molecular complexity index is 790. The molecule has 0 spiro atoms. The van der Waals surface area contributed by atoms with Crippen LogP contribution in [0.1, 0.15) is 24.0 Å². The van der Waals surface area contributed by atoms with E-state index in [0.717, 1.165) is 36.3 Å². The van der Waals surface area contributed by atoms with E-state index in [0.29, 0.717) is 18.4 Å². The average molecular weight is 352 g/mol. The van der Waals surface area contributed by atoms with E-state index in [1.165, 1.54) is 24.9 Å². The van der Waals surface area contributed by atoms with Crippen LogP contribution in [0, 0.1) is 6.92 Å². The molecule has 1 N–H and O–H groups in total. The lowest BCUT2D eigenvalue weighted by Crippen LogP contribution is -2.39. The maximum absolute atomic E-state index is 10.6. The van der Waals surface area contributed by atoms with Crippen molar-refractivity contribution in [2.45, 2.75) is 32.4 Å². The maximum atomic E-state index is 10.6. The van der Waals surface area contributed by atoms with Crippen molar-refractivity contribution < 1.29 is 9.84 Å². The Morgan fingerprint density at radius 2 is 2.04 bits per heavy atom. The van der Waals surface area contributed by atoms with E-state index >= 15 is 0 Å². The second-order valence-corrected chi connectivity index (χ2v) is 7.66. The molecule has 26 heavy (non-hydrogen) atoms. The van der Waals surface area contributed by atoms with Gasteiger partial charge in [-0.05, 0) is 62.2 Å². The minimum absolute atomic E-state index is 0.251. The highest BCUT2D eigenvalue weighted by atomic mass is 16.5. The van der Waals surface area contributed by atoms with Crippen LogP contribution in [0.2, 0.25) is 0 Å². The van der Waals surface area contributed by atoms with Gasteiger partial charge in [0.15, 0.2) is 11.5 Å². The number of aromatic hydroxyl groups is 1. The number of phenols is 1.